The molecule has 1 amide bonds. The summed E-state index contributed by atoms with van der Waals surface area (Å²) in [6, 6.07) is 4.61. The Hall–Kier alpha value is -2.45. The van der Waals surface area contributed by atoms with Crippen molar-refractivity contribution in [2.45, 2.75) is 39.3 Å². The van der Waals surface area contributed by atoms with Crippen LogP contribution in [0.3, 0.4) is 0 Å². The second kappa shape index (κ2) is 8.96. The summed E-state index contributed by atoms with van der Waals surface area (Å²) in [7, 11) is 0. The first-order valence-electron chi connectivity index (χ1n) is 10.5. The van der Waals surface area contributed by atoms with Crippen molar-refractivity contribution in [2.75, 3.05) is 26.2 Å². The van der Waals surface area contributed by atoms with Gasteiger partial charge in [0.2, 0.25) is 5.91 Å². The summed E-state index contributed by atoms with van der Waals surface area (Å²) < 4.78 is 16.1. The van der Waals surface area contributed by atoms with Crippen molar-refractivity contribution in [3.8, 4) is 0 Å². The van der Waals surface area contributed by atoms with Crippen LogP contribution >= 0.6 is 11.6 Å². The molecule has 0 atom stereocenters. The molecular weight excluding hydrogens is 423 g/mol. The number of fused-ring (bicyclic) bond motifs is 1. The zero-order chi connectivity index (χ0) is 22.1. The molecule has 1 aromatic carbocycles. The van der Waals surface area contributed by atoms with Gasteiger partial charge in [-0.15, -0.1) is 0 Å². The lowest BCUT2D eigenvalue weighted by molar-refractivity contribution is -0.143. The molecule has 0 saturated carbocycles. The molecule has 31 heavy (non-hydrogen) atoms. The van der Waals surface area contributed by atoms with Gasteiger partial charge in [-0.2, -0.15) is 5.10 Å². The number of amides is 1. The minimum absolute atomic E-state index is 0.0301. The highest BCUT2D eigenvalue weighted by Crippen LogP contribution is 2.25. The molecule has 1 N–H and O–H groups in total. The second-order valence-electron chi connectivity index (χ2n) is 8.36. The third kappa shape index (κ3) is 4.75. The molecule has 0 unspecified atom stereocenters. The Kier molecular flexibility index (Phi) is 6.29. The van der Waals surface area contributed by atoms with E-state index in [0.717, 1.165) is 23.4 Å². The number of nitrogens with zero attached hydrogens (tertiary/aromatic N) is 4. The fourth-order valence-corrected chi connectivity index (χ4v) is 4.62. The number of carbonyl (C=O) groups is 2. The van der Waals surface area contributed by atoms with Crippen molar-refractivity contribution in [3.63, 3.8) is 0 Å². The monoisotopic (exact) mass is 448 g/mol. The summed E-state index contributed by atoms with van der Waals surface area (Å²) in [4.78, 5) is 27.9. The number of benzene rings is 1. The van der Waals surface area contributed by atoms with Crippen LogP contribution in [0.1, 0.15) is 35.4 Å². The quantitative estimate of drug-likeness (QED) is 0.760. The maximum Gasteiger partial charge on any atom is 0.306 e. The largest absolute Gasteiger partial charge is 0.481 e. The second-order valence-corrected chi connectivity index (χ2v) is 8.79. The standard InChI is InChI=1S/C22H26ClFN4O3/c1-14-18-6-9-27(21(29)13-26-7-4-15(5-8-26)22(30)31)12-20(18)28(25-14)11-16-2-3-17(23)10-19(16)24/h2-3,10,15H,4-9,11-13H2,1H3,(H,30,31). The predicted octanol–water partition coefficient (Wildman–Crippen LogP) is 2.71. The maximum absolute atomic E-state index is 14.3. The topological polar surface area (TPSA) is 78.7 Å². The van der Waals surface area contributed by atoms with Gasteiger partial charge in [0.05, 0.1) is 36.9 Å². The fraction of sp³-hybridized carbons (Fsp3) is 0.500. The van der Waals surface area contributed by atoms with Crippen LogP contribution in [0.25, 0.3) is 0 Å². The van der Waals surface area contributed by atoms with Gasteiger partial charge in [0.25, 0.3) is 0 Å². The van der Waals surface area contributed by atoms with Crippen LogP contribution < -0.4 is 0 Å². The van der Waals surface area contributed by atoms with E-state index in [4.69, 9.17) is 16.7 Å². The van der Waals surface area contributed by atoms with Crippen LogP contribution in [0.15, 0.2) is 18.2 Å². The number of halogens is 2. The number of hydrogen-bond acceptors (Lipinski definition) is 4. The lowest BCUT2D eigenvalue weighted by atomic mass is 9.97. The number of aromatic nitrogens is 2. The number of hydrogen-bond donors (Lipinski definition) is 1. The van der Waals surface area contributed by atoms with Crippen LogP contribution in [0, 0.1) is 18.7 Å². The summed E-state index contributed by atoms with van der Waals surface area (Å²) in [6.45, 7) is 4.82. The van der Waals surface area contributed by atoms with Crippen LogP contribution in [0.2, 0.25) is 5.02 Å². The van der Waals surface area contributed by atoms with Crippen molar-refractivity contribution < 1.29 is 19.1 Å². The zero-order valence-electron chi connectivity index (χ0n) is 17.5. The van der Waals surface area contributed by atoms with Crippen LogP contribution in [0.5, 0.6) is 0 Å². The number of aliphatic carboxylic acids is 1. The molecule has 166 valence electrons. The molecule has 0 bridgehead atoms. The van der Waals surface area contributed by atoms with E-state index < -0.39 is 5.97 Å². The first-order chi connectivity index (χ1) is 14.8. The van der Waals surface area contributed by atoms with E-state index in [1.54, 1.807) is 16.8 Å². The molecule has 0 spiro atoms. The lowest BCUT2D eigenvalue weighted by Gasteiger charge is -2.33. The van der Waals surface area contributed by atoms with E-state index in [2.05, 4.69) is 5.10 Å². The van der Waals surface area contributed by atoms with Gasteiger partial charge < -0.3 is 10.0 Å². The number of likely N-dealkylation sites (tertiary alicyclic amines) is 1. The highest BCUT2D eigenvalue weighted by Gasteiger charge is 2.29. The van der Waals surface area contributed by atoms with Crippen molar-refractivity contribution in [3.05, 3.63) is 51.6 Å². The van der Waals surface area contributed by atoms with E-state index in [1.165, 1.54) is 6.07 Å². The Balaban J connectivity index is 1.43. The average molecular weight is 449 g/mol. The molecule has 7 nitrogen and oxygen atoms in total. The summed E-state index contributed by atoms with van der Waals surface area (Å²) in [5.74, 6) is -1.41. The highest BCUT2D eigenvalue weighted by atomic mass is 35.5. The summed E-state index contributed by atoms with van der Waals surface area (Å²) in [5.41, 5.74) is 3.48. The first-order valence-corrected chi connectivity index (χ1v) is 10.9. The van der Waals surface area contributed by atoms with E-state index in [0.29, 0.717) is 56.2 Å². The fourth-order valence-electron chi connectivity index (χ4n) is 4.46. The third-order valence-electron chi connectivity index (χ3n) is 6.32. The average Bonchev–Trinajstić information content (AvgIpc) is 3.05. The number of rotatable bonds is 5. The normalized spacial score (nSPS) is 17.6. The molecule has 2 aliphatic rings. The molecule has 2 aromatic rings. The first kappa shape index (κ1) is 21.8. The van der Waals surface area contributed by atoms with Crippen molar-refractivity contribution in [1.82, 2.24) is 19.6 Å². The predicted molar refractivity (Wildman–Crippen MR) is 113 cm³/mol. The maximum atomic E-state index is 14.3. The molecule has 0 radical (unpaired) electrons. The van der Waals surface area contributed by atoms with Crippen LogP contribution in [-0.2, 0) is 29.1 Å². The van der Waals surface area contributed by atoms with Gasteiger partial charge in [-0.25, -0.2) is 4.39 Å². The van der Waals surface area contributed by atoms with Crippen LogP contribution in [0.4, 0.5) is 4.39 Å². The SMILES string of the molecule is Cc1nn(Cc2ccc(Cl)cc2F)c2c1CCN(C(=O)CN1CCC(C(=O)O)CC1)C2. The summed E-state index contributed by atoms with van der Waals surface area (Å²) in [6.07, 6.45) is 1.87. The molecule has 2 aliphatic heterocycles. The number of carboxylic acids is 1. The van der Waals surface area contributed by atoms with Gasteiger partial charge in [-0.05, 0) is 57.0 Å². The highest BCUT2D eigenvalue weighted by molar-refractivity contribution is 6.30. The smallest absolute Gasteiger partial charge is 0.306 e. The van der Waals surface area contributed by atoms with Gasteiger partial charge in [0, 0.05) is 17.1 Å². The zero-order valence-corrected chi connectivity index (χ0v) is 18.2. The van der Waals surface area contributed by atoms with Crippen molar-refractivity contribution in [1.29, 1.82) is 0 Å². The number of piperidine rings is 1. The molecule has 4 rings (SSSR count). The molecule has 1 aromatic heterocycles. The molecule has 0 aliphatic carbocycles. The molecule has 3 heterocycles. The van der Waals surface area contributed by atoms with Crippen molar-refractivity contribution >= 4 is 23.5 Å². The Morgan fingerprint density at radius 1 is 1.26 bits per heavy atom. The van der Waals surface area contributed by atoms with Gasteiger partial charge in [0.1, 0.15) is 5.82 Å². The van der Waals surface area contributed by atoms with Crippen molar-refractivity contribution in [2.24, 2.45) is 5.92 Å². The minimum atomic E-state index is -0.754. The van der Waals surface area contributed by atoms with E-state index in [9.17, 15) is 14.0 Å². The Bertz CT molecular complexity index is 1000. The lowest BCUT2D eigenvalue weighted by Crippen LogP contribution is -2.45. The molecule has 1 saturated heterocycles. The van der Waals surface area contributed by atoms with E-state index in [-0.39, 0.29) is 24.2 Å². The van der Waals surface area contributed by atoms with E-state index >= 15 is 0 Å². The Morgan fingerprint density at radius 3 is 2.68 bits per heavy atom. The Morgan fingerprint density at radius 2 is 2.00 bits per heavy atom. The van der Waals surface area contributed by atoms with Crippen LogP contribution in [-0.4, -0.2) is 62.7 Å². The molecule has 9 heteroatoms. The summed E-state index contributed by atoms with van der Waals surface area (Å²) in [5, 5.41) is 14.1. The molecular formula is C22H26ClFN4O3. The van der Waals surface area contributed by atoms with E-state index in [1.807, 2.05) is 16.7 Å². The number of carboxylic acid groups (broad SMARTS) is 1. The van der Waals surface area contributed by atoms with Gasteiger partial charge in [-0.3, -0.25) is 19.2 Å². The molecule has 1 fully saturated rings. The van der Waals surface area contributed by atoms with Gasteiger partial charge >= 0.3 is 5.97 Å². The minimum Gasteiger partial charge on any atom is -0.481 e. The van der Waals surface area contributed by atoms with Gasteiger partial charge in [-0.1, -0.05) is 17.7 Å². The van der Waals surface area contributed by atoms with Gasteiger partial charge in [0.15, 0.2) is 0 Å². The number of aryl methyl sites for hydroxylation is 1. The third-order valence-corrected chi connectivity index (χ3v) is 6.56. The Labute approximate surface area is 185 Å². The number of carbonyl (C=O) groups excluding carboxylic acids is 1. The summed E-state index contributed by atoms with van der Waals surface area (Å²) >= 11 is 5.86.